The molecule has 130 valence electrons. The first-order chi connectivity index (χ1) is 11.8. The molecule has 0 aromatic carbocycles. The van der Waals surface area contributed by atoms with Crippen LogP contribution in [0.15, 0.2) is 34.4 Å². The SMILES string of the molecule is CC1CCC(C2=NN(C3C=CC=CC3)C(C3CC=NCC3)C2)CC1. The number of nitrogens with zero attached hydrogens (tertiary/aromatic N) is 3. The number of aliphatic imine (C=N–C) groups is 1. The van der Waals surface area contributed by atoms with Crippen molar-refractivity contribution < 1.29 is 0 Å². The van der Waals surface area contributed by atoms with Crippen molar-refractivity contribution in [1.82, 2.24) is 5.01 Å². The van der Waals surface area contributed by atoms with Crippen LogP contribution < -0.4 is 0 Å². The molecular weight excluding hydrogens is 294 g/mol. The van der Waals surface area contributed by atoms with Gasteiger partial charge in [-0.2, -0.15) is 5.10 Å². The third-order valence-corrected chi connectivity index (χ3v) is 6.50. The van der Waals surface area contributed by atoms with E-state index in [0.29, 0.717) is 12.1 Å². The Morgan fingerprint density at radius 2 is 1.92 bits per heavy atom. The predicted octanol–water partition coefficient (Wildman–Crippen LogP) is 4.61. The van der Waals surface area contributed by atoms with E-state index in [0.717, 1.165) is 37.1 Å². The van der Waals surface area contributed by atoms with Gasteiger partial charge in [-0.15, -0.1) is 0 Å². The van der Waals surface area contributed by atoms with Crippen LogP contribution in [0, 0.1) is 17.8 Å². The van der Waals surface area contributed by atoms with E-state index in [1.807, 2.05) is 0 Å². The Morgan fingerprint density at radius 1 is 1.04 bits per heavy atom. The summed E-state index contributed by atoms with van der Waals surface area (Å²) in [4.78, 5) is 4.45. The molecular formula is C21H31N3. The van der Waals surface area contributed by atoms with E-state index in [1.165, 1.54) is 44.2 Å². The summed E-state index contributed by atoms with van der Waals surface area (Å²) in [6, 6.07) is 1.05. The van der Waals surface area contributed by atoms with Crippen LogP contribution in [0.4, 0.5) is 0 Å². The van der Waals surface area contributed by atoms with Crippen LogP contribution in [-0.4, -0.2) is 35.6 Å². The third-order valence-electron chi connectivity index (χ3n) is 6.50. The molecule has 0 aromatic heterocycles. The molecule has 3 heteroatoms. The second-order valence-electron chi connectivity index (χ2n) is 8.19. The van der Waals surface area contributed by atoms with E-state index in [-0.39, 0.29) is 0 Å². The largest absolute Gasteiger partial charge is 0.298 e. The molecule has 0 amide bonds. The average molecular weight is 326 g/mol. The summed E-state index contributed by atoms with van der Waals surface area (Å²) in [5.74, 6) is 2.38. The standard InChI is InChI=1S/C21H31N3/c1-16-7-9-17(10-8-16)20-15-21(18-11-13-22-14-12-18)24(23-20)19-5-3-2-4-6-19/h2-5,13,16-19,21H,6-12,14-15H2,1H3. The fourth-order valence-electron chi connectivity index (χ4n) is 4.89. The molecule has 0 aromatic rings. The topological polar surface area (TPSA) is 28.0 Å². The van der Waals surface area contributed by atoms with E-state index in [4.69, 9.17) is 5.10 Å². The van der Waals surface area contributed by atoms with Crippen LogP contribution in [0.2, 0.25) is 0 Å². The molecule has 2 aliphatic heterocycles. The molecule has 4 aliphatic rings. The van der Waals surface area contributed by atoms with Crippen molar-refractivity contribution in [3.8, 4) is 0 Å². The van der Waals surface area contributed by atoms with Crippen LogP contribution in [0.25, 0.3) is 0 Å². The van der Waals surface area contributed by atoms with Gasteiger partial charge in [-0.1, -0.05) is 44.1 Å². The van der Waals surface area contributed by atoms with Crippen LogP contribution in [0.3, 0.4) is 0 Å². The normalized spacial score (nSPS) is 39.3. The Morgan fingerprint density at radius 3 is 2.62 bits per heavy atom. The summed E-state index contributed by atoms with van der Waals surface area (Å²) >= 11 is 0. The molecule has 2 aliphatic carbocycles. The van der Waals surface area contributed by atoms with Crippen molar-refractivity contribution in [1.29, 1.82) is 0 Å². The fourth-order valence-corrected chi connectivity index (χ4v) is 4.89. The lowest BCUT2D eigenvalue weighted by Gasteiger charge is -2.35. The smallest absolute Gasteiger partial charge is 0.0691 e. The highest BCUT2D eigenvalue weighted by molar-refractivity contribution is 5.88. The van der Waals surface area contributed by atoms with Gasteiger partial charge in [0.05, 0.1) is 12.1 Å². The highest BCUT2D eigenvalue weighted by Gasteiger charge is 2.38. The third kappa shape index (κ3) is 3.36. The quantitative estimate of drug-likeness (QED) is 0.745. The molecule has 0 N–H and O–H groups in total. The minimum Gasteiger partial charge on any atom is -0.298 e. The molecule has 3 atom stereocenters. The van der Waals surface area contributed by atoms with E-state index in [9.17, 15) is 0 Å². The van der Waals surface area contributed by atoms with Gasteiger partial charge in [0.15, 0.2) is 0 Å². The molecule has 1 fully saturated rings. The van der Waals surface area contributed by atoms with Crippen molar-refractivity contribution in [2.75, 3.05) is 6.54 Å². The summed E-state index contributed by atoms with van der Waals surface area (Å²) < 4.78 is 0. The molecule has 24 heavy (non-hydrogen) atoms. The lowest BCUT2D eigenvalue weighted by atomic mass is 9.78. The zero-order valence-corrected chi connectivity index (χ0v) is 15.0. The number of hydrogen-bond donors (Lipinski definition) is 0. The van der Waals surface area contributed by atoms with Crippen molar-refractivity contribution in [2.24, 2.45) is 27.8 Å². The van der Waals surface area contributed by atoms with Gasteiger partial charge in [0, 0.05) is 18.7 Å². The Balaban J connectivity index is 1.52. The first kappa shape index (κ1) is 16.1. The first-order valence-electron chi connectivity index (χ1n) is 9.98. The van der Waals surface area contributed by atoms with E-state index in [1.54, 1.807) is 0 Å². The number of hydrazone groups is 1. The molecule has 3 nitrogen and oxygen atoms in total. The summed E-state index contributed by atoms with van der Waals surface area (Å²) in [6.45, 7) is 3.41. The van der Waals surface area contributed by atoms with E-state index < -0.39 is 0 Å². The fraction of sp³-hybridized carbons (Fsp3) is 0.714. The van der Waals surface area contributed by atoms with Gasteiger partial charge in [-0.05, 0) is 56.1 Å². The molecule has 0 saturated heterocycles. The van der Waals surface area contributed by atoms with Crippen molar-refractivity contribution in [3.05, 3.63) is 24.3 Å². The molecule has 0 bridgehead atoms. The van der Waals surface area contributed by atoms with Gasteiger partial charge in [0.25, 0.3) is 0 Å². The molecule has 4 rings (SSSR count). The highest BCUT2D eigenvalue weighted by atomic mass is 15.5. The van der Waals surface area contributed by atoms with Gasteiger partial charge in [0.1, 0.15) is 0 Å². The maximum Gasteiger partial charge on any atom is 0.0691 e. The van der Waals surface area contributed by atoms with Gasteiger partial charge >= 0.3 is 0 Å². The monoisotopic (exact) mass is 325 g/mol. The van der Waals surface area contributed by atoms with Crippen molar-refractivity contribution in [2.45, 2.75) is 70.4 Å². The lowest BCUT2D eigenvalue weighted by Crippen LogP contribution is -2.41. The molecule has 2 heterocycles. The van der Waals surface area contributed by atoms with E-state index >= 15 is 0 Å². The summed E-state index contributed by atoms with van der Waals surface area (Å²) in [5.41, 5.74) is 1.51. The van der Waals surface area contributed by atoms with Gasteiger partial charge < -0.3 is 0 Å². The Hall–Kier alpha value is -1.38. The number of rotatable bonds is 3. The van der Waals surface area contributed by atoms with Crippen LogP contribution >= 0.6 is 0 Å². The maximum atomic E-state index is 5.24. The number of allylic oxidation sites excluding steroid dienone is 2. The van der Waals surface area contributed by atoms with Crippen LogP contribution in [0.1, 0.15) is 58.3 Å². The van der Waals surface area contributed by atoms with E-state index in [2.05, 4.69) is 47.4 Å². The highest BCUT2D eigenvalue weighted by Crippen LogP contribution is 2.37. The molecule has 0 radical (unpaired) electrons. The van der Waals surface area contributed by atoms with Gasteiger partial charge in [0.2, 0.25) is 0 Å². The van der Waals surface area contributed by atoms with Crippen molar-refractivity contribution in [3.63, 3.8) is 0 Å². The Labute approximate surface area is 146 Å². The average Bonchev–Trinajstić information content (AvgIpc) is 3.09. The Bertz CT molecular complexity index is 551. The van der Waals surface area contributed by atoms with Gasteiger partial charge in [-0.3, -0.25) is 10.0 Å². The first-order valence-corrected chi connectivity index (χ1v) is 9.98. The zero-order valence-electron chi connectivity index (χ0n) is 15.0. The maximum absolute atomic E-state index is 5.24. The van der Waals surface area contributed by atoms with Crippen LogP contribution in [-0.2, 0) is 0 Å². The molecule has 3 unspecified atom stereocenters. The second kappa shape index (κ2) is 7.25. The summed E-state index contributed by atoms with van der Waals surface area (Å²) in [5, 5.41) is 7.72. The molecule has 1 saturated carbocycles. The minimum atomic E-state index is 0.457. The number of hydrogen-bond acceptors (Lipinski definition) is 3. The summed E-state index contributed by atoms with van der Waals surface area (Å²) in [6.07, 6.45) is 21.3. The molecule has 0 spiro atoms. The second-order valence-corrected chi connectivity index (χ2v) is 8.19. The lowest BCUT2D eigenvalue weighted by molar-refractivity contribution is 0.135. The predicted molar refractivity (Wildman–Crippen MR) is 102 cm³/mol. The minimum absolute atomic E-state index is 0.457. The summed E-state index contributed by atoms with van der Waals surface area (Å²) in [7, 11) is 0. The zero-order chi connectivity index (χ0) is 16.4. The Kier molecular flexibility index (Phi) is 4.86. The van der Waals surface area contributed by atoms with Gasteiger partial charge in [-0.25, -0.2) is 0 Å². The van der Waals surface area contributed by atoms with Crippen LogP contribution in [0.5, 0.6) is 0 Å². The van der Waals surface area contributed by atoms with Crippen molar-refractivity contribution >= 4 is 11.9 Å².